The summed E-state index contributed by atoms with van der Waals surface area (Å²) in [7, 11) is 0. The van der Waals surface area contributed by atoms with Gasteiger partial charge < -0.3 is 4.57 Å². The maximum Gasteiger partial charge on any atom is 0.101 e. The molecule has 0 bridgehead atoms. The van der Waals surface area contributed by atoms with Gasteiger partial charge in [-0.05, 0) is 79.2 Å². The fourth-order valence-electron chi connectivity index (χ4n) is 7.45. The molecule has 0 aliphatic heterocycles. The Morgan fingerprint density at radius 2 is 0.851 bits per heavy atom. The van der Waals surface area contributed by atoms with Gasteiger partial charge in [-0.25, -0.2) is 0 Å². The quantitative estimate of drug-likeness (QED) is 0.186. The van der Waals surface area contributed by atoms with Crippen LogP contribution >= 0.6 is 0 Å². The van der Waals surface area contributed by atoms with Crippen molar-refractivity contribution in [2.75, 3.05) is 0 Å². The average Bonchev–Trinajstić information content (AvgIpc) is 3.48. The van der Waals surface area contributed by atoms with Crippen LogP contribution in [-0.4, -0.2) is 4.57 Å². The fraction of sp³-hybridized carbons (Fsp3) is 0. The summed E-state index contributed by atoms with van der Waals surface area (Å²) in [5.74, 6) is 0. The smallest absolute Gasteiger partial charge is 0.101 e. The number of rotatable bonds is 4. The average molecular weight is 597 g/mol. The molecule has 0 saturated heterocycles. The van der Waals surface area contributed by atoms with Crippen molar-refractivity contribution >= 4 is 43.4 Å². The number of benzene rings is 8. The molecule has 0 spiro atoms. The lowest BCUT2D eigenvalue weighted by molar-refractivity contribution is 1.17. The van der Waals surface area contributed by atoms with Crippen LogP contribution in [-0.2, 0) is 0 Å². The molecule has 9 rings (SSSR count). The minimum Gasteiger partial charge on any atom is -0.308 e. The molecule has 0 aliphatic rings. The predicted molar refractivity (Wildman–Crippen MR) is 197 cm³/mol. The van der Waals surface area contributed by atoms with Crippen molar-refractivity contribution in [2.45, 2.75) is 0 Å². The highest BCUT2D eigenvalue weighted by Crippen LogP contribution is 2.46. The molecule has 1 heterocycles. The van der Waals surface area contributed by atoms with Gasteiger partial charge in [-0.3, -0.25) is 0 Å². The number of hydrogen-bond donors (Lipinski definition) is 0. The molecule has 0 N–H and O–H groups in total. The summed E-state index contributed by atoms with van der Waals surface area (Å²) in [6.07, 6.45) is 0. The van der Waals surface area contributed by atoms with E-state index in [1.165, 1.54) is 49.0 Å². The van der Waals surface area contributed by atoms with Gasteiger partial charge in [0.15, 0.2) is 0 Å². The molecule has 0 aliphatic carbocycles. The second-order valence-corrected chi connectivity index (χ2v) is 12.0. The molecule has 1 aromatic heterocycles. The van der Waals surface area contributed by atoms with Gasteiger partial charge in [-0.1, -0.05) is 146 Å². The second kappa shape index (κ2) is 10.9. The third kappa shape index (κ3) is 4.18. The van der Waals surface area contributed by atoms with Gasteiger partial charge >= 0.3 is 0 Å². The monoisotopic (exact) mass is 596 g/mol. The Hall–Kier alpha value is -6.43. The van der Waals surface area contributed by atoms with Gasteiger partial charge in [0.2, 0.25) is 0 Å². The molecule has 0 saturated carbocycles. The highest BCUT2D eigenvalue weighted by Gasteiger charge is 2.20. The molecule has 0 radical (unpaired) electrons. The number of aromatic nitrogens is 1. The minimum absolute atomic E-state index is 0.640. The van der Waals surface area contributed by atoms with E-state index < -0.39 is 0 Å². The van der Waals surface area contributed by atoms with Crippen molar-refractivity contribution in [2.24, 2.45) is 0 Å². The third-order valence-electron chi connectivity index (χ3n) is 9.44. The SMILES string of the molecule is N#Cc1ccc(-c2ccccc2-c2c3ccccc3c(-c3ccccc3)c3ccccc23)cc1-n1c2ccccc2c2ccccc21. The van der Waals surface area contributed by atoms with E-state index in [9.17, 15) is 5.26 Å². The molecule has 0 unspecified atom stereocenters. The lowest BCUT2D eigenvalue weighted by atomic mass is 9.84. The van der Waals surface area contributed by atoms with Gasteiger partial charge in [-0.2, -0.15) is 5.26 Å². The van der Waals surface area contributed by atoms with Crippen LogP contribution in [0.2, 0.25) is 0 Å². The Morgan fingerprint density at radius 1 is 0.383 bits per heavy atom. The normalized spacial score (nSPS) is 11.4. The van der Waals surface area contributed by atoms with E-state index in [0.29, 0.717) is 5.56 Å². The molecular weight excluding hydrogens is 569 g/mol. The van der Waals surface area contributed by atoms with Gasteiger partial charge in [0.1, 0.15) is 6.07 Å². The summed E-state index contributed by atoms with van der Waals surface area (Å²) in [5.41, 5.74) is 10.7. The lowest BCUT2D eigenvalue weighted by Crippen LogP contribution is -1.99. The molecule has 0 amide bonds. The zero-order chi connectivity index (χ0) is 31.3. The third-order valence-corrected chi connectivity index (χ3v) is 9.44. The number of nitrogens with zero attached hydrogens (tertiary/aromatic N) is 2. The van der Waals surface area contributed by atoms with Crippen LogP contribution < -0.4 is 0 Å². The van der Waals surface area contributed by atoms with Crippen molar-refractivity contribution < 1.29 is 0 Å². The van der Waals surface area contributed by atoms with E-state index in [1.54, 1.807) is 0 Å². The maximum atomic E-state index is 10.3. The Bertz CT molecular complexity index is 2580. The summed E-state index contributed by atoms with van der Waals surface area (Å²) >= 11 is 0. The first-order chi connectivity index (χ1) is 23.3. The van der Waals surface area contributed by atoms with E-state index in [0.717, 1.165) is 33.4 Å². The molecule has 218 valence electrons. The van der Waals surface area contributed by atoms with E-state index >= 15 is 0 Å². The first-order valence-corrected chi connectivity index (χ1v) is 15.9. The largest absolute Gasteiger partial charge is 0.308 e. The van der Waals surface area contributed by atoms with E-state index in [4.69, 9.17) is 0 Å². The Labute approximate surface area is 273 Å². The van der Waals surface area contributed by atoms with Crippen molar-refractivity contribution in [1.29, 1.82) is 5.26 Å². The van der Waals surface area contributed by atoms with Crippen LogP contribution in [0.1, 0.15) is 5.56 Å². The van der Waals surface area contributed by atoms with Gasteiger partial charge in [0, 0.05) is 10.8 Å². The fourth-order valence-corrected chi connectivity index (χ4v) is 7.45. The summed E-state index contributed by atoms with van der Waals surface area (Å²) < 4.78 is 2.24. The molecule has 2 nitrogen and oxygen atoms in total. The second-order valence-electron chi connectivity index (χ2n) is 12.0. The van der Waals surface area contributed by atoms with Crippen LogP contribution in [0.25, 0.3) is 82.4 Å². The molecule has 9 aromatic rings. The minimum atomic E-state index is 0.640. The first kappa shape index (κ1) is 26.9. The number of fused-ring (bicyclic) bond motifs is 5. The Kier molecular flexibility index (Phi) is 6.23. The summed E-state index contributed by atoms with van der Waals surface area (Å²) in [5, 5.41) is 17.6. The van der Waals surface area contributed by atoms with Crippen molar-refractivity contribution in [1.82, 2.24) is 4.57 Å². The van der Waals surface area contributed by atoms with Crippen molar-refractivity contribution in [3.05, 3.63) is 175 Å². The van der Waals surface area contributed by atoms with Crippen LogP contribution in [0.15, 0.2) is 170 Å². The van der Waals surface area contributed by atoms with E-state index in [-0.39, 0.29) is 0 Å². The first-order valence-electron chi connectivity index (χ1n) is 15.9. The Morgan fingerprint density at radius 3 is 1.43 bits per heavy atom. The maximum absolute atomic E-state index is 10.3. The molecule has 47 heavy (non-hydrogen) atoms. The van der Waals surface area contributed by atoms with Crippen LogP contribution in [0.3, 0.4) is 0 Å². The zero-order valence-corrected chi connectivity index (χ0v) is 25.6. The Balaban J connectivity index is 1.34. The predicted octanol–water partition coefficient (Wildman–Crippen LogP) is 12.0. The van der Waals surface area contributed by atoms with Crippen LogP contribution in [0.4, 0.5) is 0 Å². The summed E-state index contributed by atoms with van der Waals surface area (Å²) in [4.78, 5) is 0. The molecular formula is C45H28N2. The van der Waals surface area contributed by atoms with E-state index in [1.807, 2.05) is 6.07 Å². The topological polar surface area (TPSA) is 28.7 Å². The van der Waals surface area contributed by atoms with Crippen LogP contribution in [0, 0.1) is 11.3 Å². The van der Waals surface area contributed by atoms with Crippen molar-refractivity contribution in [3.63, 3.8) is 0 Å². The zero-order valence-electron chi connectivity index (χ0n) is 25.6. The summed E-state index contributed by atoms with van der Waals surface area (Å²) in [6, 6.07) is 62.6. The lowest BCUT2D eigenvalue weighted by Gasteiger charge is -2.20. The van der Waals surface area contributed by atoms with Gasteiger partial charge in [0.25, 0.3) is 0 Å². The summed E-state index contributed by atoms with van der Waals surface area (Å²) in [6.45, 7) is 0. The number of hydrogen-bond acceptors (Lipinski definition) is 1. The molecule has 0 fully saturated rings. The van der Waals surface area contributed by atoms with Gasteiger partial charge in [-0.15, -0.1) is 0 Å². The van der Waals surface area contributed by atoms with Crippen molar-refractivity contribution in [3.8, 4) is 45.1 Å². The molecule has 2 heteroatoms. The van der Waals surface area contributed by atoms with Crippen LogP contribution in [0.5, 0.6) is 0 Å². The molecule has 0 atom stereocenters. The highest BCUT2D eigenvalue weighted by atomic mass is 15.0. The van der Waals surface area contributed by atoms with Gasteiger partial charge in [0.05, 0.1) is 22.3 Å². The standard InChI is InChI=1S/C45H28N2/c46-29-32-27-26-31(28-43(32)47-41-24-12-10-17-34(41)35-18-11-13-25-42(35)47)33-16-4-5-19-36(33)45-39-22-8-6-20-37(39)44(30-14-2-1-3-15-30)38-21-7-9-23-40(38)45/h1-28H. The number of para-hydroxylation sites is 2. The van der Waals surface area contributed by atoms with E-state index in [2.05, 4.69) is 174 Å². The molecule has 8 aromatic carbocycles. The highest BCUT2D eigenvalue weighted by molar-refractivity contribution is 6.22. The number of nitriles is 1.